The van der Waals surface area contributed by atoms with Crippen LogP contribution in [0.3, 0.4) is 0 Å². The molecule has 0 amide bonds. The second-order valence-corrected chi connectivity index (χ2v) is 14.5. The van der Waals surface area contributed by atoms with Crippen LogP contribution in [0.25, 0.3) is 101 Å². The lowest BCUT2D eigenvalue weighted by molar-refractivity contribution is 1.07. The van der Waals surface area contributed by atoms with Crippen molar-refractivity contribution >= 4 is 10.8 Å². The molecule has 8 aromatic carbocycles. The van der Waals surface area contributed by atoms with Gasteiger partial charge in [-0.2, -0.15) is 10.5 Å². The third-order valence-corrected chi connectivity index (χ3v) is 10.7. The van der Waals surface area contributed by atoms with Crippen LogP contribution in [0.2, 0.25) is 0 Å². The number of aromatic nitrogens is 6. The van der Waals surface area contributed by atoms with Gasteiger partial charge in [0.25, 0.3) is 0 Å². The van der Waals surface area contributed by atoms with Crippen LogP contribution >= 0.6 is 0 Å². The zero-order valence-corrected chi connectivity index (χ0v) is 33.1. The van der Waals surface area contributed by atoms with Gasteiger partial charge in [0.1, 0.15) is 12.1 Å². The quantitative estimate of drug-likeness (QED) is 0.149. The van der Waals surface area contributed by atoms with E-state index in [-0.39, 0.29) is 0 Å². The molecule has 8 heteroatoms. The van der Waals surface area contributed by atoms with Crippen molar-refractivity contribution in [3.63, 3.8) is 0 Å². The van der Waals surface area contributed by atoms with Crippen molar-refractivity contribution in [2.75, 3.05) is 0 Å². The zero-order chi connectivity index (χ0) is 41.8. The fraction of sp³-hybridized carbons (Fsp3) is 0. The van der Waals surface area contributed by atoms with E-state index in [0.717, 1.165) is 44.5 Å². The molecular formula is C54H32N8. The number of benzene rings is 8. The summed E-state index contributed by atoms with van der Waals surface area (Å²) in [6.45, 7) is 0. The molecule has 0 bridgehead atoms. The molecular weight excluding hydrogens is 761 g/mol. The summed E-state index contributed by atoms with van der Waals surface area (Å²) in [5, 5.41) is 23.4. The van der Waals surface area contributed by atoms with Gasteiger partial charge in [0.05, 0.1) is 11.1 Å². The van der Waals surface area contributed by atoms with Gasteiger partial charge in [-0.1, -0.05) is 182 Å². The second-order valence-electron chi connectivity index (χ2n) is 14.5. The Bertz CT molecular complexity index is 3020. The van der Waals surface area contributed by atoms with Crippen LogP contribution < -0.4 is 0 Å². The highest BCUT2D eigenvalue weighted by Crippen LogP contribution is 2.44. The van der Waals surface area contributed by atoms with Crippen LogP contribution in [-0.2, 0) is 0 Å². The monoisotopic (exact) mass is 792 g/mol. The van der Waals surface area contributed by atoms with Gasteiger partial charge in [-0.15, -0.1) is 0 Å². The van der Waals surface area contributed by atoms with E-state index in [4.69, 9.17) is 29.9 Å². The lowest BCUT2D eigenvalue weighted by Gasteiger charge is -2.19. The summed E-state index contributed by atoms with van der Waals surface area (Å²) in [5.74, 6) is 3.10. The van der Waals surface area contributed by atoms with Gasteiger partial charge in [-0.25, -0.2) is 29.9 Å². The maximum absolute atomic E-state index is 11.0. The highest BCUT2D eigenvalue weighted by molar-refractivity contribution is 6.07. The summed E-state index contributed by atoms with van der Waals surface area (Å²) < 4.78 is 0. The standard InChI is InChI=1S/C54H32N8/c55-33-45-43-29-13-14-30-44(43)46(34-56)48(40-26-16-28-42(32-40)54-61-51(37-21-9-3-10-22-37)58-52(62-54)38-23-11-4-12-24-38)47(45)39-25-15-27-41(31-39)53-59-49(35-17-5-1-6-18-35)57-50(60-53)36-19-7-2-8-20-36/h1-32H. The van der Waals surface area contributed by atoms with Crippen molar-refractivity contribution in [1.82, 2.24) is 29.9 Å². The Morgan fingerprint density at radius 1 is 0.258 bits per heavy atom. The molecule has 0 saturated heterocycles. The van der Waals surface area contributed by atoms with Crippen molar-refractivity contribution in [3.05, 3.63) is 205 Å². The molecule has 0 atom stereocenters. The minimum absolute atomic E-state index is 0.445. The van der Waals surface area contributed by atoms with E-state index in [1.807, 2.05) is 194 Å². The van der Waals surface area contributed by atoms with E-state index in [9.17, 15) is 10.5 Å². The van der Waals surface area contributed by atoms with Crippen molar-refractivity contribution < 1.29 is 0 Å². The van der Waals surface area contributed by atoms with Crippen LogP contribution in [0, 0.1) is 22.7 Å². The minimum atomic E-state index is 0.445. The van der Waals surface area contributed by atoms with Crippen LogP contribution in [-0.4, -0.2) is 29.9 Å². The molecule has 0 spiro atoms. The SMILES string of the molecule is N#Cc1c(-c2cccc(-c3nc(-c4ccccc4)nc(-c4ccccc4)n3)c2)c(-c2cccc(-c3nc(-c4ccccc4)nc(-c4ccccc4)n3)c2)c(C#N)c2ccccc12. The molecule has 0 radical (unpaired) electrons. The van der Waals surface area contributed by atoms with Gasteiger partial charge < -0.3 is 0 Å². The lowest BCUT2D eigenvalue weighted by atomic mass is 9.83. The molecule has 10 rings (SSSR count). The van der Waals surface area contributed by atoms with Crippen molar-refractivity contribution in [1.29, 1.82) is 10.5 Å². The Balaban J connectivity index is 1.18. The zero-order valence-electron chi connectivity index (χ0n) is 33.1. The number of hydrogen-bond donors (Lipinski definition) is 0. The molecule has 2 aromatic heterocycles. The first-order chi connectivity index (χ1) is 30.6. The first kappa shape index (κ1) is 37.3. The average molecular weight is 793 g/mol. The third-order valence-electron chi connectivity index (χ3n) is 10.7. The van der Waals surface area contributed by atoms with E-state index in [2.05, 4.69) is 12.1 Å². The normalized spacial score (nSPS) is 10.9. The smallest absolute Gasteiger partial charge is 0.164 e. The summed E-state index contributed by atoms with van der Waals surface area (Å²) in [7, 11) is 0. The predicted octanol–water partition coefficient (Wildman–Crippen LogP) is 12.3. The number of nitrogens with zero attached hydrogens (tertiary/aromatic N) is 8. The Kier molecular flexibility index (Phi) is 9.83. The Morgan fingerprint density at radius 2 is 0.500 bits per heavy atom. The molecule has 0 aliphatic carbocycles. The van der Waals surface area contributed by atoms with E-state index in [1.54, 1.807) is 0 Å². The predicted molar refractivity (Wildman–Crippen MR) is 244 cm³/mol. The maximum Gasteiger partial charge on any atom is 0.164 e. The number of rotatable bonds is 8. The molecule has 0 aliphatic rings. The van der Waals surface area contributed by atoms with Crippen LogP contribution in [0.5, 0.6) is 0 Å². The summed E-state index contributed by atoms with van der Waals surface area (Å²) in [6.07, 6.45) is 0. The van der Waals surface area contributed by atoms with Gasteiger partial charge >= 0.3 is 0 Å². The molecule has 0 saturated carbocycles. The third kappa shape index (κ3) is 7.11. The van der Waals surface area contributed by atoms with Crippen molar-refractivity contribution in [2.45, 2.75) is 0 Å². The Hall–Kier alpha value is -8.98. The molecule has 0 fully saturated rings. The van der Waals surface area contributed by atoms with Gasteiger partial charge in [-0.05, 0) is 23.3 Å². The van der Waals surface area contributed by atoms with Gasteiger partial charge in [-0.3, -0.25) is 0 Å². The summed E-state index contributed by atoms with van der Waals surface area (Å²) in [6, 6.07) is 67.6. The first-order valence-electron chi connectivity index (χ1n) is 20.0. The van der Waals surface area contributed by atoms with Crippen molar-refractivity contribution in [2.24, 2.45) is 0 Å². The molecule has 62 heavy (non-hydrogen) atoms. The average Bonchev–Trinajstić information content (AvgIpc) is 3.36. The van der Waals surface area contributed by atoms with E-state index < -0.39 is 0 Å². The van der Waals surface area contributed by atoms with Crippen LogP contribution in [0.4, 0.5) is 0 Å². The van der Waals surface area contributed by atoms with E-state index in [1.165, 1.54) is 0 Å². The van der Waals surface area contributed by atoms with Gasteiger partial charge in [0, 0.05) is 55.3 Å². The lowest BCUT2D eigenvalue weighted by Crippen LogP contribution is -2.01. The molecule has 0 aliphatic heterocycles. The number of hydrogen-bond acceptors (Lipinski definition) is 8. The molecule has 288 valence electrons. The molecule has 0 N–H and O–H groups in total. The van der Waals surface area contributed by atoms with Crippen molar-refractivity contribution in [3.8, 4) is 103 Å². The maximum atomic E-state index is 11.0. The van der Waals surface area contributed by atoms with Crippen LogP contribution in [0.15, 0.2) is 194 Å². The molecule has 2 heterocycles. The fourth-order valence-electron chi connectivity index (χ4n) is 7.75. The number of nitriles is 2. The number of fused-ring (bicyclic) bond motifs is 1. The molecule has 10 aromatic rings. The van der Waals surface area contributed by atoms with E-state index >= 15 is 0 Å². The summed E-state index contributed by atoms with van der Waals surface area (Å²) in [4.78, 5) is 29.7. The summed E-state index contributed by atoms with van der Waals surface area (Å²) in [5.41, 5.74) is 8.46. The fourth-order valence-corrected chi connectivity index (χ4v) is 7.75. The molecule has 8 nitrogen and oxygen atoms in total. The van der Waals surface area contributed by atoms with Gasteiger partial charge in [0.15, 0.2) is 34.9 Å². The topological polar surface area (TPSA) is 125 Å². The first-order valence-corrected chi connectivity index (χ1v) is 20.0. The molecule has 0 unspecified atom stereocenters. The Morgan fingerprint density at radius 3 is 0.790 bits per heavy atom. The highest BCUT2D eigenvalue weighted by Gasteiger charge is 2.24. The summed E-state index contributed by atoms with van der Waals surface area (Å²) >= 11 is 0. The largest absolute Gasteiger partial charge is 0.208 e. The highest BCUT2D eigenvalue weighted by atomic mass is 15.0. The van der Waals surface area contributed by atoms with E-state index in [0.29, 0.717) is 68.0 Å². The van der Waals surface area contributed by atoms with Gasteiger partial charge in [0.2, 0.25) is 0 Å². The minimum Gasteiger partial charge on any atom is -0.208 e. The van der Waals surface area contributed by atoms with Crippen LogP contribution in [0.1, 0.15) is 11.1 Å². The Labute approximate surface area is 357 Å². The second kappa shape index (κ2) is 16.3.